The maximum atomic E-state index is 11.8. The quantitative estimate of drug-likeness (QED) is 0.645. The van der Waals surface area contributed by atoms with Gasteiger partial charge in [0.25, 0.3) is 5.91 Å². The fourth-order valence-electron chi connectivity index (χ4n) is 2.21. The molecule has 7 heteroatoms. The fraction of sp³-hybridized carbons (Fsp3) is 0.235. The molecule has 0 radical (unpaired) electrons. The molecule has 2 heterocycles. The molecule has 0 fully saturated rings. The minimum absolute atomic E-state index is 0.0542. The van der Waals surface area contributed by atoms with Crippen LogP contribution in [0, 0.1) is 0 Å². The van der Waals surface area contributed by atoms with Crippen molar-refractivity contribution in [2.24, 2.45) is 0 Å². The lowest BCUT2D eigenvalue weighted by Gasteiger charge is -2.05. The van der Waals surface area contributed by atoms with Crippen LogP contribution in [-0.2, 0) is 11.2 Å². The van der Waals surface area contributed by atoms with Gasteiger partial charge in [-0.25, -0.2) is 4.98 Å². The van der Waals surface area contributed by atoms with Crippen LogP contribution in [0.5, 0.6) is 0 Å². The molecule has 124 valence electrons. The zero-order valence-corrected chi connectivity index (χ0v) is 13.8. The van der Waals surface area contributed by atoms with Crippen molar-refractivity contribution < 1.29 is 14.0 Å². The molecule has 0 saturated heterocycles. The molecule has 0 aliphatic carbocycles. The molecule has 0 bridgehead atoms. The van der Waals surface area contributed by atoms with Gasteiger partial charge in [0.15, 0.2) is 5.76 Å². The molecule has 6 nitrogen and oxygen atoms in total. The number of aromatic nitrogens is 1. The van der Waals surface area contributed by atoms with Crippen molar-refractivity contribution in [3.63, 3.8) is 0 Å². The second-order valence-electron chi connectivity index (χ2n) is 5.16. The molecule has 0 aliphatic heterocycles. The number of nitrogens with zero attached hydrogens (tertiary/aromatic N) is 1. The smallest absolute Gasteiger partial charge is 0.287 e. The minimum atomic E-state index is -0.288. The highest BCUT2D eigenvalue weighted by atomic mass is 32.1. The van der Waals surface area contributed by atoms with Crippen LogP contribution < -0.4 is 10.6 Å². The molecule has 2 amide bonds. The summed E-state index contributed by atoms with van der Waals surface area (Å²) in [5.74, 6) is -0.0811. The summed E-state index contributed by atoms with van der Waals surface area (Å²) < 4.78 is 6.11. The Kier molecular flexibility index (Phi) is 5.22. The molecule has 1 aromatic carbocycles. The molecule has 3 aromatic rings. The van der Waals surface area contributed by atoms with Crippen LogP contribution in [0.2, 0.25) is 0 Å². The lowest BCUT2D eigenvalue weighted by atomic mass is 10.3. The zero-order valence-electron chi connectivity index (χ0n) is 13.0. The van der Waals surface area contributed by atoms with E-state index in [4.69, 9.17) is 4.42 Å². The number of rotatable bonds is 7. The third-order valence-electron chi connectivity index (χ3n) is 3.38. The van der Waals surface area contributed by atoms with Crippen molar-refractivity contribution in [1.29, 1.82) is 0 Å². The average Bonchev–Trinajstić information content (AvgIpc) is 3.25. The van der Waals surface area contributed by atoms with E-state index in [1.54, 1.807) is 23.5 Å². The van der Waals surface area contributed by atoms with E-state index in [1.165, 1.54) is 6.26 Å². The van der Waals surface area contributed by atoms with E-state index in [2.05, 4.69) is 15.6 Å². The number of thiazole rings is 1. The SMILES string of the molecule is O=C(CCc1nc2ccccc2s1)NCCNC(=O)c1ccco1. The Labute approximate surface area is 142 Å². The summed E-state index contributed by atoms with van der Waals surface area (Å²) in [7, 11) is 0. The number of fused-ring (bicyclic) bond motifs is 1. The fourth-order valence-corrected chi connectivity index (χ4v) is 3.18. The van der Waals surface area contributed by atoms with E-state index >= 15 is 0 Å². The van der Waals surface area contributed by atoms with Crippen LogP contribution in [0.4, 0.5) is 0 Å². The molecule has 3 rings (SSSR count). The average molecular weight is 343 g/mol. The lowest BCUT2D eigenvalue weighted by molar-refractivity contribution is -0.121. The van der Waals surface area contributed by atoms with Crippen molar-refractivity contribution in [1.82, 2.24) is 15.6 Å². The maximum absolute atomic E-state index is 11.8. The van der Waals surface area contributed by atoms with Gasteiger partial charge in [0, 0.05) is 25.9 Å². The highest BCUT2D eigenvalue weighted by molar-refractivity contribution is 7.18. The first-order valence-electron chi connectivity index (χ1n) is 7.65. The van der Waals surface area contributed by atoms with Crippen LogP contribution in [0.3, 0.4) is 0 Å². The van der Waals surface area contributed by atoms with E-state index in [0.29, 0.717) is 25.9 Å². The summed E-state index contributed by atoms with van der Waals surface area (Å²) in [5.41, 5.74) is 0.971. The third-order valence-corrected chi connectivity index (χ3v) is 4.48. The Morgan fingerprint density at radius 1 is 1.08 bits per heavy atom. The molecule has 0 aliphatic rings. The van der Waals surface area contributed by atoms with E-state index in [0.717, 1.165) is 15.2 Å². The Hall–Kier alpha value is -2.67. The van der Waals surface area contributed by atoms with Gasteiger partial charge in [-0.3, -0.25) is 9.59 Å². The predicted molar refractivity (Wildman–Crippen MR) is 92.0 cm³/mol. The first-order chi connectivity index (χ1) is 11.7. The number of para-hydroxylation sites is 1. The number of aryl methyl sites for hydroxylation is 1. The van der Waals surface area contributed by atoms with Gasteiger partial charge in [-0.15, -0.1) is 11.3 Å². The first kappa shape index (κ1) is 16.2. The van der Waals surface area contributed by atoms with E-state index in [1.807, 2.05) is 24.3 Å². The van der Waals surface area contributed by atoms with Crippen LogP contribution >= 0.6 is 11.3 Å². The second kappa shape index (κ2) is 7.74. The third kappa shape index (κ3) is 4.20. The second-order valence-corrected chi connectivity index (χ2v) is 6.27. The van der Waals surface area contributed by atoms with Crippen molar-refractivity contribution >= 4 is 33.4 Å². The normalized spacial score (nSPS) is 10.7. The largest absolute Gasteiger partial charge is 0.459 e. The number of nitrogens with one attached hydrogen (secondary N) is 2. The highest BCUT2D eigenvalue weighted by Gasteiger charge is 2.08. The summed E-state index contributed by atoms with van der Waals surface area (Å²) in [6.07, 6.45) is 2.44. The summed E-state index contributed by atoms with van der Waals surface area (Å²) in [5, 5.41) is 6.41. The summed E-state index contributed by atoms with van der Waals surface area (Å²) in [4.78, 5) is 28.0. The summed E-state index contributed by atoms with van der Waals surface area (Å²) >= 11 is 1.61. The monoisotopic (exact) mass is 343 g/mol. The Bertz CT molecular complexity index is 794. The van der Waals surface area contributed by atoms with Crippen molar-refractivity contribution in [3.05, 3.63) is 53.4 Å². The summed E-state index contributed by atoms with van der Waals surface area (Å²) in [6.45, 7) is 0.734. The number of furan rings is 1. The van der Waals surface area contributed by atoms with Crippen LogP contribution in [0.25, 0.3) is 10.2 Å². The maximum Gasteiger partial charge on any atom is 0.287 e. The van der Waals surface area contributed by atoms with Crippen LogP contribution in [0.15, 0.2) is 47.1 Å². The topological polar surface area (TPSA) is 84.2 Å². The van der Waals surface area contributed by atoms with Gasteiger partial charge in [0.05, 0.1) is 21.5 Å². The molecule has 2 N–H and O–H groups in total. The van der Waals surface area contributed by atoms with Crippen molar-refractivity contribution in [3.8, 4) is 0 Å². The van der Waals surface area contributed by atoms with Gasteiger partial charge in [0.1, 0.15) is 0 Å². The van der Waals surface area contributed by atoms with E-state index in [-0.39, 0.29) is 17.6 Å². The molecule has 24 heavy (non-hydrogen) atoms. The molecule has 0 unspecified atom stereocenters. The van der Waals surface area contributed by atoms with Crippen molar-refractivity contribution in [2.45, 2.75) is 12.8 Å². The van der Waals surface area contributed by atoms with Gasteiger partial charge in [0.2, 0.25) is 5.91 Å². The standard InChI is InChI=1S/C17H17N3O3S/c21-15(18-9-10-19-17(22)13-5-3-11-23-13)7-8-16-20-12-4-1-2-6-14(12)24-16/h1-6,11H,7-10H2,(H,18,21)(H,19,22). The zero-order chi connectivity index (χ0) is 16.8. The summed E-state index contributed by atoms with van der Waals surface area (Å²) in [6, 6.07) is 11.2. The Morgan fingerprint density at radius 3 is 2.71 bits per heavy atom. The molecular weight excluding hydrogens is 326 g/mol. The Morgan fingerprint density at radius 2 is 1.92 bits per heavy atom. The number of hydrogen-bond donors (Lipinski definition) is 2. The predicted octanol–water partition coefficient (Wildman–Crippen LogP) is 2.37. The number of carbonyl (C=O) groups excluding carboxylic acids is 2. The molecule has 2 aromatic heterocycles. The van der Waals surface area contributed by atoms with Crippen molar-refractivity contribution in [2.75, 3.05) is 13.1 Å². The van der Waals surface area contributed by atoms with Gasteiger partial charge >= 0.3 is 0 Å². The highest BCUT2D eigenvalue weighted by Crippen LogP contribution is 2.22. The molecule has 0 saturated carbocycles. The number of hydrogen-bond acceptors (Lipinski definition) is 5. The van der Waals surface area contributed by atoms with Gasteiger partial charge in [-0.2, -0.15) is 0 Å². The molecule has 0 spiro atoms. The lowest BCUT2D eigenvalue weighted by Crippen LogP contribution is -2.34. The van der Waals surface area contributed by atoms with Gasteiger partial charge in [-0.1, -0.05) is 12.1 Å². The number of amides is 2. The van der Waals surface area contributed by atoms with Gasteiger partial charge < -0.3 is 15.1 Å². The van der Waals surface area contributed by atoms with E-state index in [9.17, 15) is 9.59 Å². The number of carbonyl (C=O) groups is 2. The molecule has 0 atom stereocenters. The first-order valence-corrected chi connectivity index (χ1v) is 8.47. The minimum Gasteiger partial charge on any atom is -0.459 e. The van der Waals surface area contributed by atoms with Gasteiger partial charge in [-0.05, 0) is 24.3 Å². The Balaban J connectivity index is 1.36. The van der Waals surface area contributed by atoms with Crippen LogP contribution in [0.1, 0.15) is 22.0 Å². The molecular formula is C17H17N3O3S. The van der Waals surface area contributed by atoms with E-state index < -0.39 is 0 Å². The number of benzene rings is 1. The van der Waals surface area contributed by atoms with Crippen LogP contribution in [-0.4, -0.2) is 29.9 Å².